The summed E-state index contributed by atoms with van der Waals surface area (Å²) in [6.45, 7) is 1.51. The Morgan fingerprint density at radius 3 is 3.12 bits per heavy atom. The summed E-state index contributed by atoms with van der Waals surface area (Å²) in [7, 11) is 0. The predicted octanol–water partition coefficient (Wildman–Crippen LogP) is 1.96. The molecular formula is C13H13N3O. The van der Waals surface area contributed by atoms with Crippen molar-refractivity contribution in [3.63, 3.8) is 0 Å². The normalized spacial score (nSPS) is 15.4. The molecule has 17 heavy (non-hydrogen) atoms. The van der Waals surface area contributed by atoms with Crippen LogP contribution in [0.15, 0.2) is 36.7 Å². The van der Waals surface area contributed by atoms with Gasteiger partial charge in [-0.25, -0.2) is 4.98 Å². The van der Waals surface area contributed by atoms with E-state index in [9.17, 15) is 4.79 Å². The minimum Gasteiger partial charge on any atom is -0.345 e. The van der Waals surface area contributed by atoms with Crippen LogP contribution in [0.5, 0.6) is 0 Å². The summed E-state index contributed by atoms with van der Waals surface area (Å²) >= 11 is 0. The number of H-pyrrole nitrogens is 1. The van der Waals surface area contributed by atoms with Crippen LogP contribution in [-0.2, 0) is 0 Å². The molecular weight excluding hydrogens is 214 g/mol. The summed E-state index contributed by atoms with van der Waals surface area (Å²) in [6, 6.07) is 5.58. The molecule has 2 aromatic rings. The van der Waals surface area contributed by atoms with Gasteiger partial charge in [0.15, 0.2) is 0 Å². The monoisotopic (exact) mass is 227 g/mol. The number of nitrogens with zero attached hydrogens (tertiary/aromatic N) is 2. The van der Waals surface area contributed by atoms with Crippen LogP contribution in [0.3, 0.4) is 0 Å². The van der Waals surface area contributed by atoms with Gasteiger partial charge in [-0.15, -0.1) is 0 Å². The topological polar surface area (TPSA) is 49.0 Å². The van der Waals surface area contributed by atoms with Gasteiger partial charge in [0, 0.05) is 18.7 Å². The first-order valence-corrected chi connectivity index (χ1v) is 5.72. The Hall–Kier alpha value is -2.10. The molecule has 0 unspecified atom stereocenters. The van der Waals surface area contributed by atoms with Gasteiger partial charge in [0.05, 0.1) is 17.4 Å². The van der Waals surface area contributed by atoms with E-state index >= 15 is 0 Å². The number of rotatable bonds is 1. The third kappa shape index (κ3) is 1.82. The van der Waals surface area contributed by atoms with Gasteiger partial charge in [-0.2, -0.15) is 0 Å². The number of aromatic nitrogens is 2. The summed E-state index contributed by atoms with van der Waals surface area (Å²) in [6.07, 6.45) is 6.73. The summed E-state index contributed by atoms with van der Waals surface area (Å²) in [5.41, 5.74) is 2.51. The summed E-state index contributed by atoms with van der Waals surface area (Å²) in [5.74, 6) is 0.0888. The first-order chi connectivity index (χ1) is 8.34. The Bertz CT molecular complexity index is 585. The largest absolute Gasteiger partial charge is 0.345 e. The molecule has 1 aromatic carbocycles. The number of imidazole rings is 1. The SMILES string of the molecule is O=C(c1ccc2nc[nH]c2c1)N1CC=CCC1. The molecule has 4 nitrogen and oxygen atoms in total. The fourth-order valence-electron chi connectivity index (χ4n) is 2.08. The molecule has 4 heteroatoms. The molecule has 0 fully saturated rings. The second-order valence-corrected chi connectivity index (χ2v) is 4.15. The second-order valence-electron chi connectivity index (χ2n) is 4.15. The van der Waals surface area contributed by atoms with E-state index in [0.717, 1.165) is 29.6 Å². The molecule has 0 atom stereocenters. The van der Waals surface area contributed by atoms with Gasteiger partial charge in [-0.05, 0) is 24.6 Å². The fourth-order valence-corrected chi connectivity index (χ4v) is 2.08. The lowest BCUT2D eigenvalue weighted by Gasteiger charge is -2.23. The lowest BCUT2D eigenvalue weighted by molar-refractivity contribution is 0.0771. The van der Waals surface area contributed by atoms with Crippen LogP contribution in [0.1, 0.15) is 16.8 Å². The van der Waals surface area contributed by atoms with Crippen LogP contribution in [0.4, 0.5) is 0 Å². The van der Waals surface area contributed by atoms with Crippen molar-refractivity contribution < 1.29 is 4.79 Å². The van der Waals surface area contributed by atoms with Gasteiger partial charge in [-0.1, -0.05) is 12.2 Å². The zero-order valence-corrected chi connectivity index (χ0v) is 9.39. The van der Waals surface area contributed by atoms with Crippen molar-refractivity contribution in [3.8, 4) is 0 Å². The number of fused-ring (bicyclic) bond motifs is 1. The average molecular weight is 227 g/mol. The lowest BCUT2D eigenvalue weighted by Crippen LogP contribution is -2.33. The molecule has 3 rings (SSSR count). The summed E-state index contributed by atoms with van der Waals surface area (Å²) in [4.78, 5) is 21.2. The molecule has 0 radical (unpaired) electrons. The maximum absolute atomic E-state index is 12.2. The average Bonchev–Trinajstić information content (AvgIpc) is 2.86. The van der Waals surface area contributed by atoms with E-state index in [4.69, 9.17) is 0 Å². The molecule has 0 saturated carbocycles. The number of nitrogens with one attached hydrogen (secondary N) is 1. The van der Waals surface area contributed by atoms with Gasteiger partial charge < -0.3 is 9.88 Å². The highest BCUT2D eigenvalue weighted by Crippen LogP contribution is 2.14. The van der Waals surface area contributed by atoms with Crippen LogP contribution in [0.2, 0.25) is 0 Å². The molecule has 86 valence electrons. The quantitative estimate of drug-likeness (QED) is 0.757. The van der Waals surface area contributed by atoms with E-state index in [1.54, 1.807) is 6.33 Å². The van der Waals surface area contributed by atoms with Crippen molar-refractivity contribution >= 4 is 16.9 Å². The van der Waals surface area contributed by atoms with Crippen LogP contribution < -0.4 is 0 Å². The van der Waals surface area contributed by atoms with Gasteiger partial charge in [0.25, 0.3) is 5.91 Å². The molecule has 1 amide bonds. The Balaban J connectivity index is 1.91. The molecule has 1 aromatic heterocycles. The number of hydrogen-bond acceptors (Lipinski definition) is 2. The summed E-state index contributed by atoms with van der Waals surface area (Å²) < 4.78 is 0. The highest BCUT2D eigenvalue weighted by atomic mass is 16.2. The number of carbonyl (C=O) groups excluding carboxylic acids is 1. The van der Waals surface area contributed by atoms with Crippen LogP contribution in [0, 0.1) is 0 Å². The van der Waals surface area contributed by atoms with Crippen molar-refractivity contribution in [1.29, 1.82) is 0 Å². The van der Waals surface area contributed by atoms with Gasteiger partial charge in [0.2, 0.25) is 0 Å². The lowest BCUT2D eigenvalue weighted by atomic mass is 10.1. The third-order valence-corrected chi connectivity index (χ3v) is 3.01. The number of benzene rings is 1. The Morgan fingerprint density at radius 1 is 1.35 bits per heavy atom. The number of aromatic amines is 1. The first kappa shape index (κ1) is 10.1. The molecule has 0 aliphatic carbocycles. The summed E-state index contributed by atoms with van der Waals surface area (Å²) in [5, 5.41) is 0. The Morgan fingerprint density at radius 2 is 2.29 bits per heavy atom. The number of carbonyl (C=O) groups is 1. The van der Waals surface area contributed by atoms with Crippen molar-refractivity contribution in [1.82, 2.24) is 14.9 Å². The van der Waals surface area contributed by atoms with Gasteiger partial charge >= 0.3 is 0 Å². The zero-order chi connectivity index (χ0) is 11.7. The second kappa shape index (κ2) is 4.05. The Kier molecular flexibility index (Phi) is 2.40. The number of amides is 1. The first-order valence-electron chi connectivity index (χ1n) is 5.72. The van der Waals surface area contributed by atoms with Gasteiger partial charge in [0.1, 0.15) is 0 Å². The standard InChI is InChI=1S/C13H13N3O/c17-13(16-6-2-1-3-7-16)10-4-5-11-12(8-10)15-9-14-11/h1-2,4-5,8-9H,3,6-7H2,(H,14,15). The number of hydrogen-bond donors (Lipinski definition) is 1. The van der Waals surface area contributed by atoms with E-state index in [1.807, 2.05) is 29.2 Å². The van der Waals surface area contributed by atoms with E-state index in [-0.39, 0.29) is 5.91 Å². The predicted molar refractivity (Wildman–Crippen MR) is 65.8 cm³/mol. The maximum atomic E-state index is 12.2. The van der Waals surface area contributed by atoms with E-state index in [0.29, 0.717) is 6.54 Å². The third-order valence-electron chi connectivity index (χ3n) is 3.01. The highest BCUT2D eigenvalue weighted by molar-refractivity contribution is 5.97. The maximum Gasteiger partial charge on any atom is 0.254 e. The highest BCUT2D eigenvalue weighted by Gasteiger charge is 2.16. The molecule has 0 saturated heterocycles. The van der Waals surface area contributed by atoms with Crippen molar-refractivity contribution in [2.24, 2.45) is 0 Å². The molecule has 0 bridgehead atoms. The van der Waals surface area contributed by atoms with Crippen molar-refractivity contribution in [2.45, 2.75) is 6.42 Å². The minimum atomic E-state index is 0.0888. The van der Waals surface area contributed by atoms with Crippen molar-refractivity contribution in [2.75, 3.05) is 13.1 Å². The molecule has 0 spiro atoms. The van der Waals surface area contributed by atoms with Crippen LogP contribution >= 0.6 is 0 Å². The molecule has 1 aliphatic heterocycles. The van der Waals surface area contributed by atoms with Crippen LogP contribution in [-0.4, -0.2) is 33.9 Å². The van der Waals surface area contributed by atoms with E-state index < -0.39 is 0 Å². The zero-order valence-electron chi connectivity index (χ0n) is 9.39. The van der Waals surface area contributed by atoms with E-state index in [1.165, 1.54) is 0 Å². The minimum absolute atomic E-state index is 0.0888. The molecule has 2 heterocycles. The fraction of sp³-hybridized carbons (Fsp3) is 0.231. The van der Waals surface area contributed by atoms with E-state index in [2.05, 4.69) is 16.0 Å². The van der Waals surface area contributed by atoms with Crippen molar-refractivity contribution in [3.05, 3.63) is 42.2 Å². The smallest absolute Gasteiger partial charge is 0.254 e. The Labute approximate surface area is 99.0 Å². The molecule has 1 aliphatic rings. The molecule has 1 N–H and O–H groups in total. The van der Waals surface area contributed by atoms with Crippen LogP contribution in [0.25, 0.3) is 11.0 Å². The van der Waals surface area contributed by atoms with Gasteiger partial charge in [-0.3, -0.25) is 4.79 Å².